The second-order valence-electron chi connectivity index (χ2n) is 6.57. The first-order valence-electron chi connectivity index (χ1n) is 8.71. The third-order valence-electron chi connectivity index (χ3n) is 3.71. The molecule has 2 rings (SSSR count). The van der Waals surface area contributed by atoms with Crippen molar-refractivity contribution >= 4 is 29.0 Å². The van der Waals surface area contributed by atoms with Crippen molar-refractivity contribution in [1.29, 1.82) is 5.26 Å². The van der Waals surface area contributed by atoms with Gasteiger partial charge in [-0.2, -0.15) is 5.26 Å². The summed E-state index contributed by atoms with van der Waals surface area (Å²) in [7, 11) is 0. The van der Waals surface area contributed by atoms with Crippen molar-refractivity contribution in [3.05, 3.63) is 60.2 Å². The smallest absolute Gasteiger partial charge is 0.410 e. The van der Waals surface area contributed by atoms with E-state index in [4.69, 9.17) is 17.0 Å². The van der Waals surface area contributed by atoms with Crippen molar-refractivity contribution in [1.82, 2.24) is 4.90 Å². The molecule has 1 N–H and O–H groups in total. The molecule has 0 aliphatic heterocycles. The van der Waals surface area contributed by atoms with Crippen molar-refractivity contribution in [2.24, 2.45) is 5.92 Å². The maximum Gasteiger partial charge on any atom is 0.416 e. The molecule has 0 radical (unpaired) electrons. The van der Waals surface area contributed by atoms with Crippen LogP contribution in [0.4, 0.5) is 10.5 Å². The molecule has 2 aromatic rings. The van der Waals surface area contributed by atoms with Gasteiger partial charge in [-0.3, -0.25) is 4.90 Å². The Kier molecular flexibility index (Phi) is 7.33. The molecule has 0 aliphatic rings. The second kappa shape index (κ2) is 9.70. The lowest BCUT2D eigenvalue weighted by atomic mass is 10.1. The summed E-state index contributed by atoms with van der Waals surface area (Å²) >= 11 is 5.04. The average molecular weight is 382 g/mol. The molecule has 0 spiro atoms. The molecule has 27 heavy (non-hydrogen) atoms. The zero-order valence-electron chi connectivity index (χ0n) is 15.7. The number of nitrogens with one attached hydrogen (secondary N) is 1. The van der Waals surface area contributed by atoms with Gasteiger partial charge in [0.2, 0.25) is 0 Å². The molecule has 1 atom stereocenters. The summed E-state index contributed by atoms with van der Waals surface area (Å²) in [6, 6.07) is 17.7. The molecule has 6 heteroatoms. The van der Waals surface area contributed by atoms with Crippen molar-refractivity contribution in [3.63, 3.8) is 0 Å². The SMILES string of the molecule is CC(=S)Nc1cccc(OC(=O)N(CC(C)C)C(C#N)c2ccccc2)c1. The van der Waals surface area contributed by atoms with Crippen molar-refractivity contribution in [3.8, 4) is 11.8 Å². The van der Waals surface area contributed by atoms with E-state index >= 15 is 0 Å². The van der Waals surface area contributed by atoms with E-state index in [9.17, 15) is 10.1 Å². The minimum Gasteiger partial charge on any atom is -0.410 e. The van der Waals surface area contributed by atoms with Crippen LogP contribution in [0.5, 0.6) is 5.75 Å². The average Bonchev–Trinajstić information content (AvgIpc) is 2.62. The van der Waals surface area contributed by atoms with Gasteiger partial charge in [0.15, 0.2) is 0 Å². The van der Waals surface area contributed by atoms with Crippen LogP contribution in [0.1, 0.15) is 32.4 Å². The van der Waals surface area contributed by atoms with Crippen LogP contribution < -0.4 is 10.1 Å². The van der Waals surface area contributed by atoms with Crippen LogP contribution in [0.2, 0.25) is 0 Å². The van der Waals surface area contributed by atoms with Crippen molar-refractivity contribution < 1.29 is 9.53 Å². The lowest BCUT2D eigenvalue weighted by molar-refractivity contribution is 0.135. The Balaban J connectivity index is 2.25. The van der Waals surface area contributed by atoms with E-state index in [2.05, 4.69) is 11.4 Å². The number of anilines is 1. The van der Waals surface area contributed by atoms with E-state index in [-0.39, 0.29) is 5.92 Å². The molecule has 1 unspecified atom stereocenters. The molecule has 0 saturated carbocycles. The van der Waals surface area contributed by atoms with Crippen LogP contribution in [0.3, 0.4) is 0 Å². The number of benzene rings is 2. The monoisotopic (exact) mass is 381 g/mol. The molecule has 0 heterocycles. The van der Waals surface area contributed by atoms with Gasteiger partial charge in [-0.15, -0.1) is 0 Å². The van der Waals surface area contributed by atoms with Gasteiger partial charge in [0.25, 0.3) is 0 Å². The van der Waals surface area contributed by atoms with Gasteiger partial charge in [0, 0.05) is 18.3 Å². The maximum atomic E-state index is 12.9. The van der Waals surface area contributed by atoms with Gasteiger partial charge in [-0.1, -0.05) is 62.5 Å². The van der Waals surface area contributed by atoms with Crippen LogP contribution in [0.25, 0.3) is 0 Å². The molecule has 0 aliphatic carbocycles. The summed E-state index contributed by atoms with van der Waals surface area (Å²) in [5.74, 6) is 0.572. The van der Waals surface area contributed by atoms with E-state index in [0.29, 0.717) is 17.3 Å². The van der Waals surface area contributed by atoms with E-state index < -0.39 is 12.1 Å². The minimum atomic E-state index is -0.717. The van der Waals surface area contributed by atoms with Crippen LogP contribution >= 0.6 is 12.2 Å². The highest BCUT2D eigenvalue weighted by Gasteiger charge is 2.27. The summed E-state index contributed by atoms with van der Waals surface area (Å²) < 4.78 is 5.56. The van der Waals surface area contributed by atoms with E-state index in [1.54, 1.807) is 25.1 Å². The first kappa shape index (κ1) is 20.4. The highest BCUT2D eigenvalue weighted by atomic mass is 32.1. The molecule has 0 fully saturated rings. The number of nitrogens with zero attached hydrogens (tertiary/aromatic N) is 2. The predicted molar refractivity (Wildman–Crippen MR) is 111 cm³/mol. The first-order chi connectivity index (χ1) is 12.9. The van der Waals surface area contributed by atoms with Gasteiger partial charge in [0.1, 0.15) is 11.8 Å². The van der Waals surface area contributed by atoms with Gasteiger partial charge in [0.05, 0.1) is 11.1 Å². The van der Waals surface area contributed by atoms with Gasteiger partial charge >= 0.3 is 6.09 Å². The molecule has 0 saturated heterocycles. The Bertz CT molecular complexity index is 831. The number of ether oxygens (including phenoxy) is 1. The fourth-order valence-corrected chi connectivity index (χ4v) is 2.76. The van der Waals surface area contributed by atoms with Gasteiger partial charge < -0.3 is 10.1 Å². The summed E-state index contributed by atoms with van der Waals surface area (Å²) in [5, 5.41) is 12.7. The topological polar surface area (TPSA) is 65.4 Å². The second-order valence-corrected chi connectivity index (χ2v) is 7.18. The number of nitriles is 1. The molecule has 140 valence electrons. The van der Waals surface area contributed by atoms with Crippen LogP contribution in [0.15, 0.2) is 54.6 Å². The van der Waals surface area contributed by atoms with E-state index in [0.717, 1.165) is 11.3 Å². The largest absolute Gasteiger partial charge is 0.416 e. The number of thiocarbonyl (C=S) groups is 1. The number of hydrogen-bond acceptors (Lipinski definition) is 4. The quantitative estimate of drug-likeness (QED) is 0.700. The molecule has 2 aromatic carbocycles. The highest BCUT2D eigenvalue weighted by Crippen LogP contribution is 2.24. The molecular weight excluding hydrogens is 358 g/mol. The Morgan fingerprint density at radius 3 is 2.52 bits per heavy atom. The Morgan fingerprint density at radius 2 is 1.93 bits per heavy atom. The van der Waals surface area contributed by atoms with E-state index in [1.807, 2.05) is 50.2 Å². The molecule has 0 aromatic heterocycles. The third-order valence-corrected chi connectivity index (χ3v) is 3.81. The van der Waals surface area contributed by atoms with Crippen molar-refractivity contribution in [2.45, 2.75) is 26.8 Å². The van der Waals surface area contributed by atoms with Crippen LogP contribution in [-0.2, 0) is 0 Å². The molecular formula is C21H23N3O2S. The predicted octanol–water partition coefficient (Wildman–Crippen LogP) is 5.17. The first-order valence-corrected chi connectivity index (χ1v) is 9.12. The summed E-state index contributed by atoms with van der Waals surface area (Å²) in [6.45, 7) is 6.16. The maximum absolute atomic E-state index is 12.9. The van der Waals surface area contributed by atoms with Crippen LogP contribution in [0, 0.1) is 17.2 Å². The summed E-state index contributed by atoms with van der Waals surface area (Å²) in [6.07, 6.45) is -0.560. The number of rotatable bonds is 6. The third kappa shape index (κ3) is 6.08. The Morgan fingerprint density at radius 1 is 1.22 bits per heavy atom. The number of carbonyl (C=O) groups excluding carboxylic acids is 1. The standard InChI is InChI=1S/C21H23N3O2S/c1-15(2)14-24(20(13-22)17-8-5-4-6-9-17)21(25)26-19-11-7-10-18(12-19)23-16(3)27/h4-12,15,20H,14H2,1-3H3,(H,23,27). The fraction of sp³-hybridized carbons (Fsp3) is 0.286. The minimum absolute atomic E-state index is 0.183. The van der Waals surface area contributed by atoms with E-state index in [1.165, 1.54) is 4.90 Å². The summed E-state index contributed by atoms with van der Waals surface area (Å²) in [4.78, 5) is 14.9. The van der Waals surface area contributed by atoms with Gasteiger partial charge in [-0.05, 0) is 30.5 Å². The van der Waals surface area contributed by atoms with Gasteiger partial charge in [-0.25, -0.2) is 4.79 Å². The number of carbonyl (C=O) groups is 1. The lowest BCUT2D eigenvalue weighted by Gasteiger charge is -2.28. The Labute approximate surface area is 165 Å². The fourth-order valence-electron chi connectivity index (χ4n) is 2.64. The highest BCUT2D eigenvalue weighted by molar-refractivity contribution is 7.80. The van der Waals surface area contributed by atoms with Crippen LogP contribution in [-0.4, -0.2) is 22.5 Å². The molecule has 1 amide bonds. The normalized spacial score (nSPS) is 11.4. The zero-order chi connectivity index (χ0) is 19.8. The zero-order valence-corrected chi connectivity index (χ0v) is 16.5. The number of hydrogen-bond donors (Lipinski definition) is 1. The number of amides is 1. The van der Waals surface area contributed by atoms with Crippen molar-refractivity contribution in [2.75, 3.05) is 11.9 Å². The Hall–Kier alpha value is -2.91. The molecule has 5 nitrogen and oxygen atoms in total. The summed E-state index contributed by atoms with van der Waals surface area (Å²) in [5.41, 5.74) is 1.49. The lowest BCUT2D eigenvalue weighted by Crippen LogP contribution is -2.39. The molecule has 0 bridgehead atoms.